The van der Waals surface area contributed by atoms with Crippen LogP contribution in [-0.4, -0.2) is 12.1 Å². The molecule has 2 aliphatic rings. The van der Waals surface area contributed by atoms with E-state index in [-0.39, 0.29) is 12.1 Å². The summed E-state index contributed by atoms with van der Waals surface area (Å²) >= 11 is 0. The minimum atomic E-state index is -0.220. The Labute approximate surface area is 167 Å². The molecule has 6 rings (SSSR count). The Morgan fingerprint density at radius 3 is 2.48 bits per heavy atom. The molecule has 1 N–H and O–H groups in total. The Morgan fingerprint density at radius 2 is 1.59 bits per heavy atom. The Hall–Kier alpha value is -3.59. The molecule has 4 aromatic carbocycles. The van der Waals surface area contributed by atoms with Gasteiger partial charge < -0.3 is 10.1 Å². The number of hydrogen-bond donors (Lipinski definition) is 1. The molecule has 1 fully saturated rings. The summed E-state index contributed by atoms with van der Waals surface area (Å²) in [5.41, 5.74) is 0.623. The van der Waals surface area contributed by atoms with Gasteiger partial charge in [0.25, 0.3) is 0 Å². The highest BCUT2D eigenvalue weighted by Gasteiger charge is 2.26. The first-order valence-corrected chi connectivity index (χ1v) is 10.0. The lowest BCUT2D eigenvalue weighted by molar-refractivity contribution is 0.0472. The van der Waals surface area contributed by atoms with E-state index in [1.807, 2.05) is 36.7 Å². The molecule has 0 amide bonds. The van der Waals surface area contributed by atoms with Gasteiger partial charge in [0, 0.05) is 12.4 Å². The SMILES string of the molecule is O=C(OC1CC1)c1ccc2ccc3c4ccc5c(c4ccc3c2c1)=CC=CNC=5. The molecule has 140 valence electrons. The maximum absolute atomic E-state index is 12.4. The van der Waals surface area contributed by atoms with Gasteiger partial charge in [0.15, 0.2) is 0 Å². The van der Waals surface area contributed by atoms with Crippen molar-refractivity contribution in [3.05, 3.63) is 82.9 Å². The molecule has 4 aromatic rings. The maximum atomic E-state index is 12.4. The van der Waals surface area contributed by atoms with E-state index in [4.69, 9.17) is 4.74 Å². The summed E-state index contributed by atoms with van der Waals surface area (Å²) in [5, 5.41) is 12.6. The number of nitrogens with one attached hydrogen (secondary N) is 1. The quantitative estimate of drug-likeness (QED) is 0.422. The average molecular weight is 377 g/mol. The van der Waals surface area contributed by atoms with Crippen LogP contribution in [0.3, 0.4) is 0 Å². The van der Waals surface area contributed by atoms with Crippen LogP contribution in [0.1, 0.15) is 23.2 Å². The molecule has 0 radical (unpaired) electrons. The van der Waals surface area contributed by atoms with E-state index >= 15 is 0 Å². The number of carbonyl (C=O) groups is 1. The molecule has 29 heavy (non-hydrogen) atoms. The third-order valence-electron chi connectivity index (χ3n) is 5.82. The predicted molar refractivity (Wildman–Crippen MR) is 118 cm³/mol. The summed E-state index contributed by atoms with van der Waals surface area (Å²) in [6.45, 7) is 0. The number of allylic oxidation sites excluding steroid dienone is 1. The van der Waals surface area contributed by atoms with Crippen molar-refractivity contribution in [2.75, 3.05) is 0 Å². The van der Waals surface area contributed by atoms with Gasteiger partial charge in [-0.15, -0.1) is 0 Å². The van der Waals surface area contributed by atoms with Crippen molar-refractivity contribution in [2.45, 2.75) is 18.9 Å². The molecule has 0 atom stereocenters. The molecule has 1 aliphatic carbocycles. The van der Waals surface area contributed by atoms with E-state index < -0.39 is 0 Å². The molecular weight excluding hydrogens is 358 g/mol. The van der Waals surface area contributed by atoms with Gasteiger partial charge in [-0.2, -0.15) is 0 Å². The van der Waals surface area contributed by atoms with Crippen LogP contribution in [0.2, 0.25) is 0 Å². The number of rotatable bonds is 2. The van der Waals surface area contributed by atoms with Crippen molar-refractivity contribution >= 4 is 50.6 Å². The molecule has 3 heteroatoms. The highest BCUT2D eigenvalue weighted by molar-refractivity contribution is 6.18. The van der Waals surface area contributed by atoms with Gasteiger partial charge in [-0.3, -0.25) is 0 Å². The lowest BCUT2D eigenvalue weighted by Crippen LogP contribution is -2.25. The van der Waals surface area contributed by atoms with Gasteiger partial charge in [-0.1, -0.05) is 48.5 Å². The second-order valence-corrected chi connectivity index (χ2v) is 7.77. The summed E-state index contributed by atoms with van der Waals surface area (Å²) in [5.74, 6) is -0.220. The van der Waals surface area contributed by atoms with Crippen molar-refractivity contribution in [3.63, 3.8) is 0 Å². The lowest BCUT2D eigenvalue weighted by Gasteiger charge is -2.10. The second kappa shape index (κ2) is 6.21. The van der Waals surface area contributed by atoms with E-state index in [9.17, 15) is 4.79 Å². The first-order chi connectivity index (χ1) is 14.3. The van der Waals surface area contributed by atoms with Crippen molar-refractivity contribution in [1.82, 2.24) is 5.32 Å². The van der Waals surface area contributed by atoms with Crippen molar-refractivity contribution in [1.29, 1.82) is 0 Å². The fourth-order valence-corrected chi connectivity index (χ4v) is 4.17. The lowest BCUT2D eigenvalue weighted by atomic mass is 9.95. The van der Waals surface area contributed by atoms with Crippen molar-refractivity contribution in [3.8, 4) is 0 Å². The average Bonchev–Trinajstić information content (AvgIpc) is 3.59. The third-order valence-corrected chi connectivity index (χ3v) is 5.82. The zero-order valence-corrected chi connectivity index (χ0v) is 15.8. The van der Waals surface area contributed by atoms with Gasteiger partial charge in [0.05, 0.1) is 5.56 Å². The van der Waals surface area contributed by atoms with E-state index in [2.05, 4.69) is 47.8 Å². The zero-order chi connectivity index (χ0) is 19.4. The largest absolute Gasteiger partial charge is 0.459 e. The molecule has 0 bridgehead atoms. The highest BCUT2D eigenvalue weighted by Crippen LogP contribution is 2.31. The molecule has 1 aliphatic heterocycles. The molecule has 0 spiro atoms. The van der Waals surface area contributed by atoms with Gasteiger partial charge >= 0.3 is 5.97 Å². The van der Waals surface area contributed by atoms with Gasteiger partial charge in [0.2, 0.25) is 0 Å². The van der Waals surface area contributed by atoms with Crippen molar-refractivity contribution < 1.29 is 9.53 Å². The van der Waals surface area contributed by atoms with Crippen LogP contribution in [0.5, 0.6) is 0 Å². The Kier molecular flexibility index (Phi) is 3.51. The number of esters is 1. The fourth-order valence-electron chi connectivity index (χ4n) is 4.17. The van der Waals surface area contributed by atoms with E-state index in [1.165, 1.54) is 26.6 Å². The van der Waals surface area contributed by atoms with E-state index in [1.54, 1.807) is 0 Å². The number of hydrogen-bond acceptors (Lipinski definition) is 3. The first-order valence-electron chi connectivity index (χ1n) is 10.0. The predicted octanol–water partition coefficient (Wildman–Crippen LogP) is 4.10. The third kappa shape index (κ3) is 2.70. The van der Waals surface area contributed by atoms with Gasteiger partial charge in [-0.25, -0.2) is 4.79 Å². The number of ether oxygens (including phenoxy) is 1. The van der Waals surface area contributed by atoms with Crippen LogP contribution in [0.4, 0.5) is 0 Å². The Bertz CT molecular complexity index is 1480. The summed E-state index contributed by atoms with van der Waals surface area (Å²) in [6.07, 6.45) is 10.2. The standard InChI is InChI=1S/C26H19NO2/c28-26(29-19-7-8-19)17-4-3-16-5-9-23-22-10-6-18-15-27-13-1-2-20(18)21(22)11-12-24(23)25(16)14-17/h1-6,9-15,19,27H,7-8H2. The van der Waals surface area contributed by atoms with Crippen LogP contribution in [0, 0.1) is 0 Å². The van der Waals surface area contributed by atoms with Crippen LogP contribution in [0.15, 0.2) is 66.9 Å². The molecule has 1 saturated carbocycles. The summed E-state index contributed by atoms with van der Waals surface area (Å²) in [4.78, 5) is 12.4. The Balaban J connectivity index is 1.62. The topological polar surface area (TPSA) is 38.3 Å². The van der Waals surface area contributed by atoms with Crippen LogP contribution < -0.4 is 15.8 Å². The molecule has 0 aromatic heterocycles. The first kappa shape index (κ1) is 16.4. The smallest absolute Gasteiger partial charge is 0.338 e. The number of benzene rings is 4. The maximum Gasteiger partial charge on any atom is 0.338 e. The highest BCUT2D eigenvalue weighted by atomic mass is 16.5. The Morgan fingerprint density at radius 1 is 0.862 bits per heavy atom. The van der Waals surface area contributed by atoms with Crippen LogP contribution in [0.25, 0.3) is 44.6 Å². The van der Waals surface area contributed by atoms with Gasteiger partial charge in [-0.05, 0) is 73.8 Å². The van der Waals surface area contributed by atoms with Crippen molar-refractivity contribution in [2.24, 2.45) is 0 Å². The molecule has 0 unspecified atom stereocenters. The zero-order valence-electron chi connectivity index (χ0n) is 15.8. The normalized spacial score (nSPS) is 15.3. The molecular formula is C26H19NO2. The minimum Gasteiger partial charge on any atom is -0.459 e. The molecule has 3 nitrogen and oxygen atoms in total. The summed E-state index contributed by atoms with van der Waals surface area (Å²) < 4.78 is 5.49. The monoisotopic (exact) mass is 377 g/mol. The second-order valence-electron chi connectivity index (χ2n) is 7.77. The fraction of sp³-hybridized carbons (Fsp3) is 0.115. The molecule has 0 saturated heterocycles. The molecule has 1 heterocycles. The minimum absolute atomic E-state index is 0.113. The number of fused-ring (bicyclic) bond motifs is 7. The van der Waals surface area contributed by atoms with E-state index in [0.29, 0.717) is 5.56 Å². The van der Waals surface area contributed by atoms with Crippen LogP contribution >= 0.6 is 0 Å². The number of carbonyl (C=O) groups excluding carboxylic acids is 1. The summed E-state index contributed by atoms with van der Waals surface area (Å²) in [7, 11) is 0. The van der Waals surface area contributed by atoms with Crippen LogP contribution in [-0.2, 0) is 4.74 Å². The van der Waals surface area contributed by atoms with E-state index in [0.717, 1.165) is 29.0 Å². The van der Waals surface area contributed by atoms with Gasteiger partial charge in [0.1, 0.15) is 6.10 Å². The summed E-state index contributed by atoms with van der Waals surface area (Å²) in [6, 6.07) is 18.9.